The van der Waals surface area contributed by atoms with Gasteiger partial charge in [0.2, 0.25) is 0 Å². The normalized spacial score (nSPS) is 13.1. The minimum atomic E-state index is 1.17. The van der Waals surface area contributed by atoms with E-state index in [0.717, 1.165) is 0 Å². The second-order valence-corrected chi connectivity index (χ2v) is 3.62. The van der Waals surface area contributed by atoms with Crippen LogP contribution in [-0.4, -0.2) is 0 Å². The van der Waals surface area contributed by atoms with Crippen molar-refractivity contribution < 1.29 is 0 Å². The maximum atomic E-state index is 2.30. The molecule has 0 bridgehead atoms. The SMILES string of the molecule is Cc1cc2c3c(cccc3c1)C2. The summed E-state index contributed by atoms with van der Waals surface area (Å²) in [6.07, 6.45) is 1.17. The van der Waals surface area contributed by atoms with Crippen molar-refractivity contribution in [1.82, 2.24) is 0 Å². The van der Waals surface area contributed by atoms with Gasteiger partial charge < -0.3 is 0 Å². The van der Waals surface area contributed by atoms with E-state index in [9.17, 15) is 0 Å². The predicted molar refractivity (Wildman–Crippen MR) is 51.5 cm³/mol. The van der Waals surface area contributed by atoms with E-state index in [1.807, 2.05) is 0 Å². The van der Waals surface area contributed by atoms with Crippen LogP contribution in [0.2, 0.25) is 0 Å². The Balaban J connectivity index is 2.55. The number of hydrogen-bond donors (Lipinski definition) is 0. The zero-order chi connectivity index (χ0) is 8.13. The van der Waals surface area contributed by atoms with Gasteiger partial charge in [-0.05, 0) is 35.2 Å². The van der Waals surface area contributed by atoms with E-state index in [1.54, 1.807) is 0 Å². The van der Waals surface area contributed by atoms with E-state index < -0.39 is 0 Å². The van der Waals surface area contributed by atoms with Gasteiger partial charge in [0.15, 0.2) is 0 Å². The van der Waals surface area contributed by atoms with Crippen molar-refractivity contribution in [2.75, 3.05) is 0 Å². The Morgan fingerprint density at radius 3 is 2.92 bits per heavy atom. The first-order chi connectivity index (χ1) is 5.84. The molecule has 0 unspecified atom stereocenters. The molecule has 0 amide bonds. The second kappa shape index (κ2) is 1.89. The van der Waals surface area contributed by atoms with Gasteiger partial charge in [-0.15, -0.1) is 0 Å². The smallest absolute Gasteiger partial charge is 0.00131 e. The van der Waals surface area contributed by atoms with Crippen molar-refractivity contribution in [2.45, 2.75) is 13.3 Å². The lowest BCUT2D eigenvalue weighted by atomic mass is 9.84. The van der Waals surface area contributed by atoms with Crippen LogP contribution >= 0.6 is 0 Å². The summed E-state index contributed by atoms with van der Waals surface area (Å²) in [6, 6.07) is 11.1. The average Bonchev–Trinajstić information content (AvgIpc) is 2.00. The molecule has 1 aliphatic carbocycles. The molecular weight excluding hydrogens is 144 g/mol. The molecule has 0 heterocycles. The van der Waals surface area contributed by atoms with Gasteiger partial charge in [-0.1, -0.05) is 35.9 Å². The van der Waals surface area contributed by atoms with Gasteiger partial charge >= 0.3 is 0 Å². The Hall–Kier alpha value is -1.30. The zero-order valence-electron chi connectivity index (χ0n) is 7.09. The van der Waals surface area contributed by atoms with Crippen LogP contribution in [0.5, 0.6) is 0 Å². The number of hydrogen-bond acceptors (Lipinski definition) is 0. The highest BCUT2D eigenvalue weighted by atomic mass is 14.2. The van der Waals surface area contributed by atoms with Crippen LogP contribution < -0.4 is 0 Å². The average molecular weight is 154 g/mol. The van der Waals surface area contributed by atoms with Crippen LogP contribution in [-0.2, 0) is 6.42 Å². The van der Waals surface area contributed by atoms with Gasteiger partial charge in [-0.25, -0.2) is 0 Å². The summed E-state index contributed by atoms with van der Waals surface area (Å²) in [5, 5.41) is 2.91. The second-order valence-electron chi connectivity index (χ2n) is 3.62. The topological polar surface area (TPSA) is 0 Å². The Labute approximate surface area is 71.8 Å². The van der Waals surface area contributed by atoms with Gasteiger partial charge in [0.1, 0.15) is 0 Å². The van der Waals surface area contributed by atoms with Crippen LogP contribution in [0.1, 0.15) is 16.7 Å². The molecule has 0 fully saturated rings. The lowest BCUT2D eigenvalue weighted by molar-refractivity contribution is 1.15. The fourth-order valence-electron chi connectivity index (χ4n) is 2.15. The largest absolute Gasteiger partial charge is 0.0613 e. The van der Waals surface area contributed by atoms with Crippen LogP contribution in [0.25, 0.3) is 10.8 Å². The van der Waals surface area contributed by atoms with Crippen LogP contribution in [0, 0.1) is 6.92 Å². The Bertz CT molecular complexity index is 467. The third-order valence-electron chi connectivity index (χ3n) is 2.67. The van der Waals surface area contributed by atoms with Gasteiger partial charge in [-0.3, -0.25) is 0 Å². The van der Waals surface area contributed by atoms with Crippen molar-refractivity contribution in [3.8, 4) is 0 Å². The zero-order valence-corrected chi connectivity index (χ0v) is 7.09. The maximum absolute atomic E-state index is 2.30. The molecule has 0 saturated heterocycles. The van der Waals surface area contributed by atoms with E-state index >= 15 is 0 Å². The van der Waals surface area contributed by atoms with E-state index in [4.69, 9.17) is 0 Å². The summed E-state index contributed by atoms with van der Waals surface area (Å²) in [6.45, 7) is 2.17. The molecule has 0 nitrogen and oxygen atoms in total. The Kier molecular flexibility index (Phi) is 0.984. The van der Waals surface area contributed by atoms with Crippen molar-refractivity contribution in [3.63, 3.8) is 0 Å². The van der Waals surface area contributed by atoms with Crippen LogP contribution in [0.15, 0.2) is 30.3 Å². The molecule has 0 aliphatic heterocycles. The molecule has 2 aromatic rings. The molecule has 12 heavy (non-hydrogen) atoms. The van der Waals surface area contributed by atoms with Gasteiger partial charge in [0, 0.05) is 0 Å². The molecule has 1 aliphatic rings. The van der Waals surface area contributed by atoms with Gasteiger partial charge in [-0.2, -0.15) is 0 Å². The maximum Gasteiger partial charge on any atom is -0.00131 e. The molecule has 0 aromatic heterocycles. The summed E-state index contributed by atoms with van der Waals surface area (Å²) in [5.41, 5.74) is 4.43. The molecular formula is C12H10. The van der Waals surface area contributed by atoms with Crippen LogP contribution in [0.4, 0.5) is 0 Å². The van der Waals surface area contributed by atoms with Crippen molar-refractivity contribution >= 4 is 10.8 Å². The van der Waals surface area contributed by atoms with Gasteiger partial charge in [0.05, 0.1) is 0 Å². The van der Waals surface area contributed by atoms with E-state index in [0.29, 0.717) is 0 Å². The summed E-state index contributed by atoms with van der Waals surface area (Å²) in [5.74, 6) is 0. The molecule has 0 atom stereocenters. The quantitative estimate of drug-likeness (QED) is 0.467. The summed E-state index contributed by atoms with van der Waals surface area (Å²) >= 11 is 0. The van der Waals surface area contributed by atoms with E-state index in [-0.39, 0.29) is 0 Å². The Morgan fingerprint density at radius 2 is 2.00 bits per heavy atom. The third-order valence-corrected chi connectivity index (χ3v) is 2.67. The minimum Gasteiger partial charge on any atom is -0.0613 e. The van der Waals surface area contributed by atoms with Crippen LogP contribution in [0.3, 0.4) is 0 Å². The third kappa shape index (κ3) is 0.626. The highest BCUT2D eigenvalue weighted by Crippen LogP contribution is 2.34. The highest BCUT2D eigenvalue weighted by Gasteiger charge is 2.15. The molecule has 0 heteroatoms. The molecule has 0 radical (unpaired) electrons. The lowest BCUT2D eigenvalue weighted by Gasteiger charge is -2.20. The monoisotopic (exact) mass is 154 g/mol. The molecule has 0 N–H and O–H groups in total. The summed E-state index contributed by atoms with van der Waals surface area (Å²) in [7, 11) is 0. The number of rotatable bonds is 0. The first-order valence-electron chi connectivity index (χ1n) is 4.36. The molecule has 3 rings (SSSR count). The fourth-order valence-corrected chi connectivity index (χ4v) is 2.15. The first-order valence-corrected chi connectivity index (χ1v) is 4.36. The van der Waals surface area contributed by atoms with E-state index in [2.05, 4.69) is 37.3 Å². The van der Waals surface area contributed by atoms with Gasteiger partial charge in [0.25, 0.3) is 0 Å². The molecule has 58 valence electrons. The highest BCUT2D eigenvalue weighted by molar-refractivity contribution is 5.94. The number of benzene rings is 2. The first kappa shape index (κ1) is 6.24. The predicted octanol–water partition coefficient (Wildman–Crippen LogP) is 3.05. The van der Waals surface area contributed by atoms with Crippen molar-refractivity contribution in [3.05, 3.63) is 47.0 Å². The summed E-state index contributed by atoms with van der Waals surface area (Å²) < 4.78 is 0. The molecule has 0 spiro atoms. The van der Waals surface area contributed by atoms with Crippen molar-refractivity contribution in [1.29, 1.82) is 0 Å². The molecule has 2 aromatic carbocycles. The summed E-state index contributed by atoms with van der Waals surface area (Å²) in [4.78, 5) is 0. The standard InChI is InChI=1S/C12H10/c1-8-5-9-3-2-4-10-7-11(6-8)12(9)10/h2-6H,7H2,1H3. The molecule has 0 saturated carbocycles. The fraction of sp³-hybridized carbons (Fsp3) is 0.167. The van der Waals surface area contributed by atoms with Crippen molar-refractivity contribution in [2.24, 2.45) is 0 Å². The number of aryl methyl sites for hydroxylation is 1. The minimum absolute atomic E-state index is 1.17. The lowest BCUT2D eigenvalue weighted by Crippen LogP contribution is -2.03. The van der Waals surface area contributed by atoms with E-state index in [1.165, 1.54) is 33.9 Å². The Morgan fingerprint density at radius 1 is 1.08 bits per heavy atom.